The van der Waals surface area contributed by atoms with E-state index < -0.39 is 0 Å². The van der Waals surface area contributed by atoms with Crippen molar-refractivity contribution in [3.8, 4) is 0 Å². The predicted molar refractivity (Wildman–Crippen MR) is 85.2 cm³/mol. The summed E-state index contributed by atoms with van der Waals surface area (Å²) in [5.41, 5.74) is 3.36. The van der Waals surface area contributed by atoms with Crippen molar-refractivity contribution in [2.24, 2.45) is 0 Å². The van der Waals surface area contributed by atoms with Crippen LogP contribution in [0.1, 0.15) is 37.1 Å². The summed E-state index contributed by atoms with van der Waals surface area (Å²) in [5.74, 6) is -0.231. The van der Waals surface area contributed by atoms with Crippen LogP contribution in [0.4, 0.5) is 8.78 Å². The van der Waals surface area contributed by atoms with Gasteiger partial charge in [0.15, 0.2) is 0 Å². The largest absolute Gasteiger partial charge is 0.207 e. The molecule has 0 N–H and O–H groups in total. The summed E-state index contributed by atoms with van der Waals surface area (Å²) in [6, 6.07) is 10.4. The topological polar surface area (TPSA) is 0 Å². The molecule has 0 spiro atoms. The molecule has 0 heterocycles. The van der Waals surface area contributed by atoms with E-state index in [0.717, 1.165) is 11.1 Å². The molecule has 2 heteroatoms. The molecule has 2 aromatic carbocycles. The molecule has 0 nitrogen and oxygen atoms in total. The first-order chi connectivity index (χ1) is 8.40. The van der Waals surface area contributed by atoms with Crippen LogP contribution in [0.25, 0.3) is 0 Å². The Labute approximate surface area is 122 Å². The van der Waals surface area contributed by atoms with Crippen molar-refractivity contribution in [1.29, 1.82) is 0 Å². The van der Waals surface area contributed by atoms with Crippen LogP contribution >= 0.6 is 0 Å². The maximum absolute atomic E-state index is 12.6. The highest BCUT2D eigenvalue weighted by molar-refractivity contribution is 5.22. The van der Waals surface area contributed by atoms with E-state index in [0.29, 0.717) is 11.1 Å². The van der Waals surface area contributed by atoms with Crippen molar-refractivity contribution < 1.29 is 8.78 Å². The van der Waals surface area contributed by atoms with Crippen LogP contribution in [0.2, 0.25) is 0 Å². The monoisotopic (exact) mass is 280 g/mol. The van der Waals surface area contributed by atoms with E-state index in [4.69, 9.17) is 0 Å². The molecule has 0 aliphatic heterocycles. The summed E-state index contributed by atoms with van der Waals surface area (Å²) in [6.45, 7) is 7.27. The molecule has 0 aliphatic carbocycles. The molecule has 2 aromatic rings. The van der Waals surface area contributed by atoms with Crippen molar-refractivity contribution in [2.45, 2.75) is 42.5 Å². The van der Waals surface area contributed by atoms with Crippen molar-refractivity contribution >= 4 is 0 Å². The summed E-state index contributed by atoms with van der Waals surface area (Å²) in [5, 5.41) is 0. The quantitative estimate of drug-likeness (QED) is 0.542. The first-order valence-corrected chi connectivity index (χ1v) is 5.85. The molecule has 0 aromatic heterocycles. The van der Waals surface area contributed by atoms with E-state index in [1.807, 2.05) is 26.0 Å². The zero-order valence-corrected chi connectivity index (χ0v) is 11.2. The fourth-order valence-electron chi connectivity index (χ4n) is 1.40. The number of hydrogen-bond donors (Lipinski definition) is 0. The van der Waals surface area contributed by atoms with Crippen LogP contribution in [0, 0.1) is 39.3 Å². The van der Waals surface area contributed by atoms with Crippen LogP contribution in [0.15, 0.2) is 36.4 Å². The smallest absolute Gasteiger partial charge is 0.126 e. The maximum Gasteiger partial charge on any atom is 0.126 e. The Balaban J connectivity index is 0. The van der Waals surface area contributed by atoms with Gasteiger partial charge in [-0.3, -0.25) is 0 Å². The van der Waals surface area contributed by atoms with Gasteiger partial charge in [0.2, 0.25) is 0 Å². The molecule has 0 atom stereocenters. The lowest BCUT2D eigenvalue weighted by Crippen LogP contribution is -1.81. The molecule has 0 aliphatic rings. The Hall–Kier alpha value is -1.70. The number of rotatable bonds is 0. The average molecular weight is 280 g/mol. The van der Waals surface area contributed by atoms with Gasteiger partial charge in [0.05, 0.1) is 0 Å². The van der Waals surface area contributed by atoms with Gasteiger partial charge in [-0.05, 0) is 62.1 Å². The molecule has 0 radical (unpaired) electrons. The van der Waals surface area contributed by atoms with E-state index in [1.165, 1.54) is 12.1 Å². The highest BCUT2D eigenvalue weighted by Crippen LogP contribution is 2.07. The SMILES string of the molecule is C.C.Cc1ccc(C)c(F)c1.Cc1ccc(C)c(F)c1. The molecule has 112 valence electrons. The van der Waals surface area contributed by atoms with Gasteiger partial charge in [-0.2, -0.15) is 0 Å². The van der Waals surface area contributed by atoms with Gasteiger partial charge in [-0.15, -0.1) is 0 Å². The third-order valence-electron chi connectivity index (χ3n) is 2.65. The van der Waals surface area contributed by atoms with Gasteiger partial charge in [-0.25, -0.2) is 8.78 Å². The molecule has 20 heavy (non-hydrogen) atoms. The number of hydrogen-bond acceptors (Lipinski definition) is 0. The molecule has 0 saturated carbocycles. The summed E-state index contributed by atoms with van der Waals surface area (Å²) in [4.78, 5) is 0. The Kier molecular flexibility index (Phi) is 9.53. The minimum absolute atomic E-state index is 0. The third-order valence-corrected chi connectivity index (χ3v) is 2.65. The molecule has 0 bridgehead atoms. The Morgan fingerprint density at radius 1 is 0.600 bits per heavy atom. The highest BCUT2D eigenvalue weighted by Gasteiger charge is 1.94. The number of benzene rings is 2. The Morgan fingerprint density at radius 2 is 0.900 bits per heavy atom. The third kappa shape index (κ3) is 6.46. The van der Waals surface area contributed by atoms with Gasteiger partial charge < -0.3 is 0 Å². The lowest BCUT2D eigenvalue weighted by molar-refractivity contribution is 0.617. The lowest BCUT2D eigenvalue weighted by atomic mass is 10.2. The van der Waals surface area contributed by atoms with Gasteiger partial charge in [0, 0.05) is 0 Å². The number of aryl methyl sites for hydroxylation is 4. The van der Waals surface area contributed by atoms with Gasteiger partial charge in [-0.1, -0.05) is 39.1 Å². The van der Waals surface area contributed by atoms with E-state index in [9.17, 15) is 8.78 Å². The van der Waals surface area contributed by atoms with E-state index >= 15 is 0 Å². The second-order valence-corrected chi connectivity index (χ2v) is 4.51. The summed E-state index contributed by atoms with van der Waals surface area (Å²) >= 11 is 0. The van der Waals surface area contributed by atoms with E-state index in [1.54, 1.807) is 26.0 Å². The first-order valence-electron chi connectivity index (χ1n) is 5.85. The summed E-state index contributed by atoms with van der Waals surface area (Å²) in [7, 11) is 0. The zero-order valence-electron chi connectivity index (χ0n) is 11.2. The molecule has 2 rings (SSSR count). The fourth-order valence-corrected chi connectivity index (χ4v) is 1.40. The molecular formula is C18H26F2. The molecule has 0 saturated heterocycles. The van der Waals surface area contributed by atoms with E-state index in [2.05, 4.69) is 0 Å². The normalized spacial score (nSPS) is 8.70. The first kappa shape index (κ1) is 20.6. The maximum atomic E-state index is 12.6. The van der Waals surface area contributed by atoms with Crippen LogP contribution in [0.5, 0.6) is 0 Å². The zero-order chi connectivity index (χ0) is 13.7. The van der Waals surface area contributed by atoms with Crippen LogP contribution in [-0.2, 0) is 0 Å². The second kappa shape index (κ2) is 9.24. The van der Waals surface area contributed by atoms with Crippen molar-refractivity contribution in [2.75, 3.05) is 0 Å². The molecule has 0 fully saturated rings. The molecule has 0 unspecified atom stereocenters. The lowest BCUT2D eigenvalue weighted by Gasteiger charge is -1.94. The predicted octanol–water partition coefficient (Wildman–Crippen LogP) is 6.16. The fraction of sp³-hybridized carbons (Fsp3) is 0.333. The van der Waals surface area contributed by atoms with Crippen molar-refractivity contribution in [3.05, 3.63) is 70.3 Å². The minimum Gasteiger partial charge on any atom is -0.207 e. The van der Waals surface area contributed by atoms with Crippen LogP contribution < -0.4 is 0 Å². The van der Waals surface area contributed by atoms with Crippen LogP contribution in [0.3, 0.4) is 0 Å². The summed E-state index contributed by atoms with van der Waals surface area (Å²) < 4.78 is 25.2. The highest BCUT2D eigenvalue weighted by atomic mass is 19.1. The van der Waals surface area contributed by atoms with Gasteiger partial charge >= 0.3 is 0 Å². The number of halogens is 2. The minimum atomic E-state index is -0.116. The van der Waals surface area contributed by atoms with Crippen molar-refractivity contribution in [3.63, 3.8) is 0 Å². The van der Waals surface area contributed by atoms with E-state index in [-0.39, 0.29) is 26.5 Å². The Bertz CT molecular complexity index is 481. The van der Waals surface area contributed by atoms with Gasteiger partial charge in [0.1, 0.15) is 11.6 Å². The van der Waals surface area contributed by atoms with Crippen molar-refractivity contribution in [1.82, 2.24) is 0 Å². The molecule has 0 amide bonds. The second-order valence-electron chi connectivity index (χ2n) is 4.51. The Morgan fingerprint density at radius 3 is 1.10 bits per heavy atom. The standard InChI is InChI=1S/2C8H9F.2CH4/c2*1-6-3-4-7(2)8(9)5-6;;/h2*3-5H,1-2H3;2*1H4. The van der Waals surface area contributed by atoms with Gasteiger partial charge in [0.25, 0.3) is 0 Å². The summed E-state index contributed by atoms with van der Waals surface area (Å²) in [6.07, 6.45) is 0. The van der Waals surface area contributed by atoms with Crippen LogP contribution in [-0.4, -0.2) is 0 Å². The average Bonchev–Trinajstić information content (AvgIpc) is 2.30. The molecular weight excluding hydrogens is 254 g/mol.